The zero-order valence-electron chi connectivity index (χ0n) is 19.6. The molecule has 0 saturated carbocycles. The monoisotopic (exact) mass is 456 g/mol. The van der Waals surface area contributed by atoms with Crippen LogP contribution in [0.1, 0.15) is 34.7 Å². The lowest BCUT2D eigenvalue weighted by Gasteiger charge is -2.13. The molecule has 0 atom stereocenters. The number of hydrogen-bond donors (Lipinski definition) is 1. The summed E-state index contributed by atoms with van der Waals surface area (Å²) in [5, 5.41) is 2.68. The maximum absolute atomic E-state index is 12.9. The van der Waals surface area contributed by atoms with Gasteiger partial charge in [-0.15, -0.1) is 0 Å². The lowest BCUT2D eigenvalue weighted by atomic mass is 10.1. The van der Waals surface area contributed by atoms with Crippen molar-refractivity contribution in [3.63, 3.8) is 0 Å². The molecule has 174 valence electrons. The molecule has 0 spiro atoms. The van der Waals surface area contributed by atoms with Gasteiger partial charge in [0.1, 0.15) is 12.3 Å². The molecule has 1 fully saturated rings. The third-order valence-corrected chi connectivity index (χ3v) is 5.48. The van der Waals surface area contributed by atoms with Crippen LogP contribution in [0.5, 0.6) is 11.5 Å². The molecule has 1 aliphatic heterocycles. The van der Waals surface area contributed by atoms with Crippen molar-refractivity contribution >= 4 is 18.0 Å². The van der Waals surface area contributed by atoms with E-state index in [1.54, 1.807) is 6.08 Å². The van der Waals surface area contributed by atoms with Crippen molar-refractivity contribution in [3.05, 3.63) is 100 Å². The normalized spacial score (nSPS) is 14.4. The third-order valence-electron chi connectivity index (χ3n) is 5.48. The predicted molar refractivity (Wildman–Crippen MR) is 131 cm³/mol. The summed E-state index contributed by atoms with van der Waals surface area (Å²) in [6, 6.07) is 20.9. The van der Waals surface area contributed by atoms with Crippen LogP contribution in [0.2, 0.25) is 0 Å². The molecular weight excluding hydrogens is 428 g/mol. The van der Waals surface area contributed by atoms with E-state index in [1.165, 1.54) is 10.5 Å². The molecule has 4 rings (SSSR count). The largest absolute Gasteiger partial charge is 0.490 e. The molecule has 1 heterocycles. The van der Waals surface area contributed by atoms with E-state index in [0.29, 0.717) is 24.7 Å². The second-order valence-corrected chi connectivity index (χ2v) is 8.28. The van der Waals surface area contributed by atoms with Gasteiger partial charge < -0.3 is 14.8 Å². The fraction of sp³-hybridized carbons (Fsp3) is 0.214. The van der Waals surface area contributed by atoms with Crippen molar-refractivity contribution < 1.29 is 19.1 Å². The van der Waals surface area contributed by atoms with Gasteiger partial charge in [-0.3, -0.25) is 9.69 Å². The number of nitrogens with one attached hydrogen (secondary N) is 1. The standard InChI is InChI=1S/C28H28N2O4/c1-4-33-26-16-22(12-13-25(26)34-18-23-7-5-6-20(3)14-23)15-24-27(31)30(28(32)29-24)17-21-10-8-19(2)9-11-21/h5-16H,4,17-18H2,1-3H3,(H,29,32)/b24-15+. The fourth-order valence-corrected chi connectivity index (χ4v) is 3.72. The van der Waals surface area contributed by atoms with E-state index in [2.05, 4.69) is 11.4 Å². The summed E-state index contributed by atoms with van der Waals surface area (Å²) < 4.78 is 11.8. The van der Waals surface area contributed by atoms with Crippen molar-refractivity contribution in [2.24, 2.45) is 0 Å². The number of nitrogens with zero attached hydrogens (tertiary/aromatic N) is 1. The number of urea groups is 1. The Hall–Kier alpha value is -4.06. The van der Waals surface area contributed by atoms with E-state index in [4.69, 9.17) is 9.47 Å². The van der Waals surface area contributed by atoms with Crippen molar-refractivity contribution in [2.75, 3.05) is 6.61 Å². The highest BCUT2D eigenvalue weighted by molar-refractivity contribution is 6.13. The summed E-state index contributed by atoms with van der Waals surface area (Å²) >= 11 is 0. The Morgan fingerprint density at radius 3 is 2.38 bits per heavy atom. The lowest BCUT2D eigenvalue weighted by molar-refractivity contribution is -0.123. The Bertz CT molecular complexity index is 1230. The summed E-state index contributed by atoms with van der Waals surface area (Å²) in [6.45, 7) is 7.05. The number of ether oxygens (including phenoxy) is 2. The van der Waals surface area contributed by atoms with E-state index < -0.39 is 6.03 Å². The maximum Gasteiger partial charge on any atom is 0.329 e. The summed E-state index contributed by atoms with van der Waals surface area (Å²) in [6.07, 6.45) is 1.65. The van der Waals surface area contributed by atoms with Crippen LogP contribution < -0.4 is 14.8 Å². The zero-order valence-corrected chi connectivity index (χ0v) is 19.6. The van der Waals surface area contributed by atoms with Crippen LogP contribution in [0, 0.1) is 13.8 Å². The molecule has 1 aliphatic rings. The number of carbonyl (C=O) groups is 2. The minimum absolute atomic E-state index is 0.220. The number of amides is 3. The Balaban J connectivity index is 1.50. The van der Waals surface area contributed by atoms with Gasteiger partial charge in [0.15, 0.2) is 11.5 Å². The molecule has 1 N–H and O–H groups in total. The summed E-state index contributed by atoms with van der Waals surface area (Å²) in [7, 11) is 0. The van der Waals surface area contributed by atoms with Crippen LogP contribution in [-0.2, 0) is 17.9 Å². The molecular formula is C28H28N2O4. The Morgan fingerprint density at radius 2 is 1.65 bits per heavy atom. The summed E-state index contributed by atoms with van der Waals surface area (Å²) in [4.78, 5) is 26.5. The smallest absolute Gasteiger partial charge is 0.329 e. The van der Waals surface area contributed by atoms with E-state index in [-0.39, 0.29) is 18.1 Å². The van der Waals surface area contributed by atoms with Gasteiger partial charge in [-0.05, 0) is 55.7 Å². The quantitative estimate of drug-likeness (QED) is 0.365. The average Bonchev–Trinajstić information content (AvgIpc) is 3.07. The molecule has 3 aromatic carbocycles. The minimum atomic E-state index is -0.431. The SMILES string of the molecule is CCOc1cc(/C=C2/NC(=O)N(Cc3ccc(C)cc3)C2=O)ccc1OCc1cccc(C)c1. The minimum Gasteiger partial charge on any atom is -0.490 e. The van der Waals surface area contributed by atoms with Gasteiger partial charge in [0.05, 0.1) is 13.2 Å². The van der Waals surface area contributed by atoms with E-state index >= 15 is 0 Å². The number of rotatable bonds is 8. The van der Waals surface area contributed by atoms with E-state index in [0.717, 1.165) is 22.3 Å². The average molecular weight is 457 g/mol. The molecule has 0 radical (unpaired) electrons. The van der Waals surface area contributed by atoms with Crippen molar-refractivity contribution in [2.45, 2.75) is 33.9 Å². The first-order valence-electron chi connectivity index (χ1n) is 11.3. The highest BCUT2D eigenvalue weighted by Crippen LogP contribution is 2.30. The van der Waals surface area contributed by atoms with Gasteiger partial charge in [0, 0.05) is 0 Å². The van der Waals surface area contributed by atoms with Crippen LogP contribution in [0.25, 0.3) is 6.08 Å². The van der Waals surface area contributed by atoms with E-state index in [1.807, 2.05) is 81.4 Å². The molecule has 3 aromatic rings. The van der Waals surface area contributed by atoms with Crippen LogP contribution in [-0.4, -0.2) is 23.4 Å². The molecule has 6 nitrogen and oxygen atoms in total. The first-order chi connectivity index (χ1) is 16.4. The number of imide groups is 1. The molecule has 0 aromatic heterocycles. The van der Waals surface area contributed by atoms with Gasteiger partial charge in [-0.1, -0.05) is 65.7 Å². The summed E-state index contributed by atoms with van der Waals surface area (Å²) in [5.74, 6) is 0.842. The molecule has 3 amide bonds. The number of aryl methyl sites for hydroxylation is 2. The number of hydrogen-bond acceptors (Lipinski definition) is 4. The predicted octanol–water partition coefficient (Wildman–Crippen LogP) is 5.37. The van der Waals surface area contributed by atoms with Crippen LogP contribution >= 0.6 is 0 Å². The Morgan fingerprint density at radius 1 is 0.853 bits per heavy atom. The third kappa shape index (κ3) is 5.46. The molecule has 34 heavy (non-hydrogen) atoms. The summed E-state index contributed by atoms with van der Waals surface area (Å²) in [5.41, 5.74) is 5.22. The topological polar surface area (TPSA) is 67.9 Å². The van der Waals surface area contributed by atoms with Gasteiger partial charge in [-0.2, -0.15) is 0 Å². The number of carbonyl (C=O) groups excluding carboxylic acids is 2. The molecule has 6 heteroatoms. The van der Waals surface area contributed by atoms with E-state index in [9.17, 15) is 9.59 Å². The van der Waals surface area contributed by atoms with Gasteiger partial charge in [-0.25, -0.2) is 4.79 Å². The van der Waals surface area contributed by atoms with Gasteiger partial charge in [0.2, 0.25) is 0 Å². The molecule has 0 aliphatic carbocycles. The highest BCUT2D eigenvalue weighted by Gasteiger charge is 2.33. The Labute approximate surface area is 199 Å². The maximum atomic E-state index is 12.9. The molecule has 0 bridgehead atoms. The number of benzene rings is 3. The lowest BCUT2D eigenvalue weighted by Crippen LogP contribution is -2.30. The van der Waals surface area contributed by atoms with Crippen molar-refractivity contribution in [3.8, 4) is 11.5 Å². The second kappa shape index (κ2) is 10.3. The van der Waals surface area contributed by atoms with Crippen LogP contribution in [0.4, 0.5) is 4.79 Å². The Kier molecular flexibility index (Phi) is 6.97. The van der Waals surface area contributed by atoms with Gasteiger partial charge >= 0.3 is 6.03 Å². The zero-order chi connectivity index (χ0) is 24.1. The second-order valence-electron chi connectivity index (χ2n) is 8.28. The molecule has 0 unspecified atom stereocenters. The molecule has 1 saturated heterocycles. The highest BCUT2D eigenvalue weighted by atomic mass is 16.5. The first kappa shape index (κ1) is 23.1. The first-order valence-corrected chi connectivity index (χ1v) is 11.3. The van der Waals surface area contributed by atoms with Crippen molar-refractivity contribution in [1.29, 1.82) is 0 Å². The van der Waals surface area contributed by atoms with Gasteiger partial charge in [0.25, 0.3) is 5.91 Å². The van der Waals surface area contributed by atoms with Crippen molar-refractivity contribution in [1.82, 2.24) is 10.2 Å². The van der Waals surface area contributed by atoms with Crippen LogP contribution in [0.3, 0.4) is 0 Å². The fourth-order valence-electron chi connectivity index (χ4n) is 3.72. The van der Waals surface area contributed by atoms with Crippen LogP contribution in [0.15, 0.2) is 72.4 Å².